The third-order valence-electron chi connectivity index (χ3n) is 4.92. The van der Waals surface area contributed by atoms with Crippen molar-refractivity contribution in [3.63, 3.8) is 0 Å². The van der Waals surface area contributed by atoms with Crippen molar-refractivity contribution in [3.05, 3.63) is 48.5 Å². The molecule has 7 nitrogen and oxygen atoms in total. The highest BCUT2D eigenvalue weighted by molar-refractivity contribution is 7.95. The Morgan fingerprint density at radius 2 is 1.71 bits per heavy atom. The molecule has 1 aliphatic rings. The Morgan fingerprint density at radius 1 is 1.11 bits per heavy atom. The second-order valence-corrected chi connectivity index (χ2v) is 8.96. The number of methoxy groups -OCH3 is 1. The van der Waals surface area contributed by atoms with Crippen LogP contribution in [0.3, 0.4) is 0 Å². The number of hydrogen-bond acceptors (Lipinski definition) is 5. The number of carbonyl (C=O) groups is 1. The molecule has 8 heteroatoms. The van der Waals surface area contributed by atoms with Gasteiger partial charge in [-0.05, 0) is 68.8 Å². The first-order valence-electron chi connectivity index (χ1n) is 9.02. The summed E-state index contributed by atoms with van der Waals surface area (Å²) < 4.78 is 36.5. The number of benzene rings is 2. The van der Waals surface area contributed by atoms with Crippen LogP contribution in [0.4, 0.5) is 11.4 Å². The van der Waals surface area contributed by atoms with Crippen molar-refractivity contribution in [1.29, 1.82) is 0 Å². The van der Waals surface area contributed by atoms with Crippen LogP contribution in [0.5, 0.6) is 11.5 Å². The summed E-state index contributed by atoms with van der Waals surface area (Å²) in [6, 6.07) is 13.6. The summed E-state index contributed by atoms with van der Waals surface area (Å²) in [6.45, 7) is 4.14. The average molecular weight is 404 g/mol. The Morgan fingerprint density at radius 3 is 2.29 bits per heavy atom. The number of carbonyl (C=O) groups excluding carboxylic acids is 1. The van der Waals surface area contributed by atoms with E-state index in [9.17, 15) is 13.2 Å². The number of hydrogen-bond donors (Lipinski definition) is 1. The van der Waals surface area contributed by atoms with Gasteiger partial charge in [0.2, 0.25) is 15.9 Å². The summed E-state index contributed by atoms with van der Waals surface area (Å²) in [6.07, 6.45) is 0.199. The molecule has 1 atom stereocenters. The lowest BCUT2D eigenvalue weighted by Crippen LogP contribution is -2.47. The molecular formula is C20H24N2O5S. The van der Waals surface area contributed by atoms with Crippen molar-refractivity contribution in [2.24, 2.45) is 0 Å². The standard InChI is InChI=1S/C20H24N2O5S/c1-4-27-18-9-5-15(6-10-18)21-19(23)20(2)13-14-22(28(20,24)25)16-7-11-17(26-3)12-8-16/h5-12H,4,13-14H2,1-3H3,(H,21,23)/t20-/m0/s1. The Balaban J connectivity index is 1.79. The molecular weight excluding hydrogens is 380 g/mol. The average Bonchev–Trinajstić information content (AvgIpc) is 2.94. The van der Waals surface area contributed by atoms with Gasteiger partial charge in [-0.25, -0.2) is 8.42 Å². The molecule has 0 saturated carbocycles. The second-order valence-electron chi connectivity index (χ2n) is 6.67. The van der Waals surface area contributed by atoms with E-state index in [1.807, 2.05) is 6.92 Å². The van der Waals surface area contributed by atoms with Gasteiger partial charge in [0.05, 0.1) is 19.4 Å². The predicted octanol–water partition coefficient (Wildman–Crippen LogP) is 3.03. The summed E-state index contributed by atoms with van der Waals surface area (Å²) in [5.41, 5.74) is 1.03. The maximum atomic E-state index is 13.2. The van der Waals surface area contributed by atoms with Gasteiger partial charge in [-0.15, -0.1) is 0 Å². The minimum absolute atomic E-state index is 0.199. The zero-order chi connectivity index (χ0) is 20.4. The van der Waals surface area contributed by atoms with Crippen LogP contribution in [0.15, 0.2) is 48.5 Å². The van der Waals surface area contributed by atoms with E-state index in [4.69, 9.17) is 9.47 Å². The molecule has 2 aromatic rings. The zero-order valence-corrected chi connectivity index (χ0v) is 17.0. The quantitative estimate of drug-likeness (QED) is 0.800. The van der Waals surface area contributed by atoms with E-state index in [1.165, 1.54) is 11.2 Å². The van der Waals surface area contributed by atoms with E-state index < -0.39 is 20.7 Å². The first kappa shape index (κ1) is 20.0. The molecule has 28 heavy (non-hydrogen) atoms. The number of anilines is 2. The molecule has 0 aliphatic carbocycles. The smallest absolute Gasteiger partial charge is 0.249 e. The molecule has 0 spiro atoms. The highest BCUT2D eigenvalue weighted by Crippen LogP contribution is 2.38. The number of ether oxygens (including phenoxy) is 2. The second kappa shape index (κ2) is 7.71. The lowest BCUT2D eigenvalue weighted by molar-refractivity contribution is -0.118. The molecule has 1 saturated heterocycles. The molecule has 2 aromatic carbocycles. The number of nitrogens with zero attached hydrogens (tertiary/aromatic N) is 1. The molecule has 0 radical (unpaired) electrons. The van der Waals surface area contributed by atoms with Crippen LogP contribution in [-0.4, -0.2) is 39.3 Å². The summed E-state index contributed by atoms with van der Waals surface area (Å²) in [5.74, 6) is 0.773. The van der Waals surface area contributed by atoms with Gasteiger partial charge in [-0.2, -0.15) is 0 Å². The Hall–Kier alpha value is -2.74. The molecule has 1 heterocycles. The van der Waals surface area contributed by atoms with Crippen LogP contribution < -0.4 is 19.1 Å². The molecule has 1 fully saturated rings. The normalized spacial score (nSPS) is 20.6. The molecule has 0 unspecified atom stereocenters. The number of amides is 1. The largest absolute Gasteiger partial charge is 0.497 e. The monoisotopic (exact) mass is 404 g/mol. The van der Waals surface area contributed by atoms with E-state index in [-0.39, 0.29) is 13.0 Å². The first-order chi connectivity index (χ1) is 13.3. The van der Waals surface area contributed by atoms with Crippen LogP contribution in [0.25, 0.3) is 0 Å². The summed E-state index contributed by atoms with van der Waals surface area (Å²) >= 11 is 0. The van der Waals surface area contributed by atoms with Crippen LogP contribution >= 0.6 is 0 Å². The van der Waals surface area contributed by atoms with E-state index in [0.29, 0.717) is 29.5 Å². The number of nitrogens with one attached hydrogen (secondary N) is 1. The maximum Gasteiger partial charge on any atom is 0.249 e. The van der Waals surface area contributed by atoms with Gasteiger partial charge in [-0.3, -0.25) is 9.10 Å². The van der Waals surface area contributed by atoms with Crippen molar-refractivity contribution >= 4 is 27.3 Å². The molecule has 1 aliphatic heterocycles. The van der Waals surface area contributed by atoms with Crippen molar-refractivity contribution in [3.8, 4) is 11.5 Å². The van der Waals surface area contributed by atoms with Gasteiger partial charge in [0.15, 0.2) is 4.75 Å². The van der Waals surface area contributed by atoms with Crippen LogP contribution in [0, 0.1) is 0 Å². The van der Waals surface area contributed by atoms with Gasteiger partial charge in [-0.1, -0.05) is 0 Å². The molecule has 150 valence electrons. The lowest BCUT2D eigenvalue weighted by atomic mass is 10.1. The topological polar surface area (TPSA) is 84.9 Å². The van der Waals surface area contributed by atoms with Gasteiger partial charge >= 0.3 is 0 Å². The molecule has 0 aromatic heterocycles. The zero-order valence-electron chi connectivity index (χ0n) is 16.1. The lowest BCUT2D eigenvalue weighted by Gasteiger charge is -2.25. The van der Waals surface area contributed by atoms with E-state index in [1.54, 1.807) is 55.6 Å². The summed E-state index contributed by atoms with van der Waals surface area (Å²) in [5, 5.41) is 2.72. The summed E-state index contributed by atoms with van der Waals surface area (Å²) in [7, 11) is -2.33. The minimum Gasteiger partial charge on any atom is -0.497 e. The van der Waals surface area contributed by atoms with Gasteiger partial charge in [0.25, 0.3) is 0 Å². The predicted molar refractivity (Wildman–Crippen MR) is 109 cm³/mol. The van der Waals surface area contributed by atoms with Gasteiger partial charge in [0.1, 0.15) is 11.5 Å². The van der Waals surface area contributed by atoms with Crippen LogP contribution in [0.1, 0.15) is 20.3 Å². The van der Waals surface area contributed by atoms with Crippen molar-refractivity contribution in [2.75, 3.05) is 29.9 Å². The van der Waals surface area contributed by atoms with E-state index in [0.717, 1.165) is 0 Å². The molecule has 3 rings (SSSR count). The van der Waals surface area contributed by atoms with Crippen LogP contribution in [0.2, 0.25) is 0 Å². The van der Waals surface area contributed by atoms with Gasteiger partial charge < -0.3 is 14.8 Å². The molecule has 1 amide bonds. The van der Waals surface area contributed by atoms with E-state index in [2.05, 4.69) is 5.32 Å². The Kier molecular flexibility index (Phi) is 5.51. The van der Waals surface area contributed by atoms with Crippen molar-refractivity contribution < 1.29 is 22.7 Å². The van der Waals surface area contributed by atoms with E-state index >= 15 is 0 Å². The molecule has 0 bridgehead atoms. The van der Waals surface area contributed by atoms with Crippen LogP contribution in [-0.2, 0) is 14.8 Å². The third kappa shape index (κ3) is 3.52. The number of rotatable bonds is 6. The van der Waals surface area contributed by atoms with Gasteiger partial charge in [0, 0.05) is 12.2 Å². The SMILES string of the molecule is CCOc1ccc(NC(=O)[C@]2(C)CCN(c3ccc(OC)cc3)S2(=O)=O)cc1. The molecule has 1 N–H and O–H groups in total. The fourth-order valence-electron chi connectivity index (χ4n) is 3.12. The third-order valence-corrected chi connectivity index (χ3v) is 7.42. The first-order valence-corrected chi connectivity index (χ1v) is 10.5. The van der Waals surface area contributed by atoms with Crippen molar-refractivity contribution in [2.45, 2.75) is 25.0 Å². The Labute approximate surface area is 165 Å². The number of sulfonamides is 1. The highest BCUT2D eigenvalue weighted by Gasteiger charge is 2.54. The maximum absolute atomic E-state index is 13.2. The summed E-state index contributed by atoms with van der Waals surface area (Å²) in [4.78, 5) is 12.9. The highest BCUT2D eigenvalue weighted by atomic mass is 32.2. The fourth-order valence-corrected chi connectivity index (χ4v) is 4.97. The van der Waals surface area contributed by atoms with Crippen molar-refractivity contribution in [1.82, 2.24) is 0 Å². The fraction of sp³-hybridized carbons (Fsp3) is 0.350. The Bertz CT molecular complexity index is 942. The minimum atomic E-state index is -3.88.